The van der Waals surface area contributed by atoms with Crippen molar-refractivity contribution in [1.82, 2.24) is 19.8 Å². The Bertz CT molecular complexity index is 843. The second-order valence-corrected chi connectivity index (χ2v) is 5.40. The van der Waals surface area contributed by atoms with E-state index >= 15 is 0 Å². The first-order valence-electron chi connectivity index (χ1n) is 7.11. The summed E-state index contributed by atoms with van der Waals surface area (Å²) >= 11 is 0. The Kier molecular flexibility index (Phi) is 3.71. The van der Waals surface area contributed by atoms with Crippen LogP contribution in [0.1, 0.15) is 36.6 Å². The molecule has 0 spiro atoms. The predicted octanol–water partition coefficient (Wildman–Crippen LogP) is 2.73. The summed E-state index contributed by atoms with van der Waals surface area (Å²) in [7, 11) is 0. The molecule has 3 rings (SSSR count). The third-order valence-electron chi connectivity index (χ3n) is 3.42. The van der Waals surface area contributed by atoms with Gasteiger partial charge in [0.15, 0.2) is 0 Å². The topological polar surface area (TPSA) is 78.9 Å². The maximum absolute atomic E-state index is 8.96. The van der Waals surface area contributed by atoms with Crippen molar-refractivity contribution in [2.75, 3.05) is 5.32 Å². The van der Waals surface area contributed by atoms with Crippen molar-refractivity contribution in [3.05, 3.63) is 53.5 Å². The van der Waals surface area contributed by atoms with Gasteiger partial charge in [-0.1, -0.05) is 26.0 Å². The SMILES string of the molecule is CC(C)c1cc(NCc2cccc(C#N)c2)c2nncn2n1. The minimum absolute atomic E-state index is 0.314. The minimum Gasteiger partial charge on any atom is -0.378 e. The smallest absolute Gasteiger partial charge is 0.200 e. The van der Waals surface area contributed by atoms with Crippen LogP contribution in [0.4, 0.5) is 5.69 Å². The van der Waals surface area contributed by atoms with Crippen LogP contribution < -0.4 is 5.32 Å². The van der Waals surface area contributed by atoms with Gasteiger partial charge in [0.25, 0.3) is 0 Å². The van der Waals surface area contributed by atoms with Crippen molar-refractivity contribution in [3.8, 4) is 6.07 Å². The van der Waals surface area contributed by atoms with Crippen LogP contribution in [0.5, 0.6) is 0 Å². The molecule has 0 radical (unpaired) electrons. The lowest BCUT2D eigenvalue weighted by molar-refractivity contribution is 0.762. The normalized spacial score (nSPS) is 10.8. The summed E-state index contributed by atoms with van der Waals surface area (Å²) in [6.45, 7) is 4.80. The lowest BCUT2D eigenvalue weighted by Crippen LogP contribution is -2.06. The molecule has 110 valence electrons. The van der Waals surface area contributed by atoms with Gasteiger partial charge in [-0.2, -0.15) is 14.9 Å². The summed E-state index contributed by atoms with van der Waals surface area (Å²) in [5.41, 5.74) is 4.25. The molecule has 0 bridgehead atoms. The first-order valence-corrected chi connectivity index (χ1v) is 7.11. The third-order valence-corrected chi connectivity index (χ3v) is 3.42. The molecule has 0 aliphatic carbocycles. The van der Waals surface area contributed by atoms with E-state index in [0.717, 1.165) is 16.9 Å². The van der Waals surface area contributed by atoms with Crippen molar-refractivity contribution in [3.63, 3.8) is 0 Å². The van der Waals surface area contributed by atoms with Crippen LogP contribution in [-0.4, -0.2) is 19.8 Å². The van der Waals surface area contributed by atoms with E-state index < -0.39 is 0 Å². The number of nitrogens with zero attached hydrogens (tertiary/aromatic N) is 5. The van der Waals surface area contributed by atoms with Crippen LogP contribution >= 0.6 is 0 Å². The number of aromatic nitrogens is 4. The molecule has 0 atom stereocenters. The van der Waals surface area contributed by atoms with E-state index in [1.807, 2.05) is 24.3 Å². The molecule has 22 heavy (non-hydrogen) atoms. The van der Waals surface area contributed by atoms with Gasteiger partial charge in [-0.05, 0) is 29.7 Å². The Morgan fingerprint density at radius 3 is 2.95 bits per heavy atom. The van der Waals surface area contributed by atoms with Crippen LogP contribution in [0.2, 0.25) is 0 Å². The van der Waals surface area contributed by atoms with Gasteiger partial charge in [-0.25, -0.2) is 0 Å². The summed E-state index contributed by atoms with van der Waals surface area (Å²) in [4.78, 5) is 0. The molecule has 6 nitrogen and oxygen atoms in total. The number of nitriles is 1. The van der Waals surface area contributed by atoms with E-state index in [1.165, 1.54) is 0 Å². The molecule has 0 saturated heterocycles. The molecule has 0 amide bonds. The van der Waals surface area contributed by atoms with Gasteiger partial charge >= 0.3 is 0 Å². The molecular formula is C16H16N6. The fourth-order valence-corrected chi connectivity index (χ4v) is 2.21. The molecule has 1 aromatic carbocycles. The standard InChI is InChI=1S/C16H16N6/c1-11(2)14-7-15(16-20-19-10-22(16)21-14)18-9-13-5-3-4-12(6-13)8-17/h3-7,10-11,18H,9H2,1-2H3. The van der Waals surface area contributed by atoms with Gasteiger partial charge in [0.05, 0.1) is 23.0 Å². The zero-order valence-corrected chi connectivity index (χ0v) is 12.5. The summed E-state index contributed by atoms with van der Waals surface area (Å²) in [5.74, 6) is 0.314. The van der Waals surface area contributed by atoms with E-state index in [2.05, 4.69) is 40.5 Å². The van der Waals surface area contributed by atoms with Crippen molar-refractivity contribution in [1.29, 1.82) is 5.26 Å². The quantitative estimate of drug-likeness (QED) is 0.800. The van der Waals surface area contributed by atoms with Gasteiger partial charge in [-0.3, -0.25) is 0 Å². The van der Waals surface area contributed by atoms with Gasteiger partial charge in [0, 0.05) is 6.54 Å². The Balaban J connectivity index is 1.89. The molecule has 0 unspecified atom stereocenters. The molecule has 6 heteroatoms. The van der Waals surface area contributed by atoms with E-state index in [1.54, 1.807) is 16.9 Å². The first-order chi connectivity index (χ1) is 10.7. The van der Waals surface area contributed by atoms with Crippen molar-refractivity contribution < 1.29 is 0 Å². The number of anilines is 1. The minimum atomic E-state index is 0.314. The largest absolute Gasteiger partial charge is 0.378 e. The first kappa shape index (κ1) is 14.0. The second kappa shape index (κ2) is 5.82. The molecule has 3 aromatic rings. The maximum atomic E-state index is 8.96. The highest BCUT2D eigenvalue weighted by Gasteiger charge is 2.10. The van der Waals surface area contributed by atoms with Crippen molar-refractivity contribution in [2.45, 2.75) is 26.3 Å². The van der Waals surface area contributed by atoms with Crippen molar-refractivity contribution >= 4 is 11.3 Å². The van der Waals surface area contributed by atoms with Crippen LogP contribution in [0.15, 0.2) is 36.7 Å². The predicted molar refractivity (Wildman–Crippen MR) is 83.4 cm³/mol. The molecule has 2 aromatic heterocycles. The highest BCUT2D eigenvalue weighted by atomic mass is 15.3. The number of hydrogen-bond acceptors (Lipinski definition) is 5. The third kappa shape index (κ3) is 2.74. The number of rotatable bonds is 4. The molecule has 0 aliphatic rings. The highest BCUT2D eigenvalue weighted by Crippen LogP contribution is 2.20. The van der Waals surface area contributed by atoms with E-state index in [-0.39, 0.29) is 0 Å². The monoisotopic (exact) mass is 292 g/mol. The second-order valence-electron chi connectivity index (χ2n) is 5.40. The van der Waals surface area contributed by atoms with Crippen molar-refractivity contribution in [2.24, 2.45) is 0 Å². The van der Waals surface area contributed by atoms with Crippen LogP contribution in [-0.2, 0) is 6.54 Å². The molecule has 1 N–H and O–H groups in total. The molecule has 2 heterocycles. The van der Waals surface area contributed by atoms with Gasteiger partial charge < -0.3 is 5.32 Å². The van der Waals surface area contributed by atoms with E-state index in [4.69, 9.17) is 5.26 Å². The van der Waals surface area contributed by atoms with E-state index in [0.29, 0.717) is 23.7 Å². The highest BCUT2D eigenvalue weighted by molar-refractivity contribution is 5.66. The Hall–Kier alpha value is -2.94. The summed E-state index contributed by atoms with van der Waals surface area (Å²) in [6, 6.07) is 11.7. The number of nitrogens with one attached hydrogen (secondary N) is 1. The van der Waals surface area contributed by atoms with E-state index in [9.17, 15) is 0 Å². The number of benzene rings is 1. The summed E-state index contributed by atoms with van der Waals surface area (Å²) < 4.78 is 1.68. The lowest BCUT2D eigenvalue weighted by Gasteiger charge is -2.11. The van der Waals surface area contributed by atoms with Crippen LogP contribution in [0.3, 0.4) is 0 Å². The molecule has 0 saturated carbocycles. The zero-order valence-electron chi connectivity index (χ0n) is 12.5. The number of fused-ring (bicyclic) bond motifs is 1. The molecular weight excluding hydrogens is 276 g/mol. The van der Waals surface area contributed by atoms with Gasteiger partial charge in [0.2, 0.25) is 5.65 Å². The van der Waals surface area contributed by atoms with Gasteiger partial charge in [0.1, 0.15) is 6.33 Å². The molecule has 0 fully saturated rings. The maximum Gasteiger partial charge on any atom is 0.200 e. The molecule has 0 aliphatic heterocycles. The Morgan fingerprint density at radius 1 is 1.32 bits per heavy atom. The van der Waals surface area contributed by atoms with Crippen LogP contribution in [0, 0.1) is 11.3 Å². The fourth-order valence-electron chi connectivity index (χ4n) is 2.21. The average molecular weight is 292 g/mol. The fraction of sp³-hybridized carbons (Fsp3) is 0.250. The van der Waals surface area contributed by atoms with Gasteiger partial charge in [-0.15, -0.1) is 10.2 Å². The number of hydrogen-bond donors (Lipinski definition) is 1. The summed E-state index contributed by atoms with van der Waals surface area (Å²) in [6.07, 6.45) is 1.60. The Labute approximate surface area is 128 Å². The lowest BCUT2D eigenvalue weighted by atomic mass is 10.1. The zero-order chi connectivity index (χ0) is 15.5. The Morgan fingerprint density at radius 2 is 2.18 bits per heavy atom. The summed E-state index contributed by atoms with van der Waals surface area (Å²) in [5, 5.41) is 24.8. The van der Waals surface area contributed by atoms with Crippen LogP contribution in [0.25, 0.3) is 5.65 Å². The average Bonchev–Trinajstić information content (AvgIpc) is 3.01.